The molecule has 2 N–H and O–H groups in total. The van der Waals surface area contributed by atoms with E-state index in [-0.39, 0.29) is 12.1 Å². The van der Waals surface area contributed by atoms with Crippen LogP contribution in [0, 0.1) is 5.92 Å². The Morgan fingerprint density at radius 1 is 1.50 bits per heavy atom. The molecule has 0 spiro atoms. The molecule has 94 valence electrons. The molecule has 4 heteroatoms. The van der Waals surface area contributed by atoms with Crippen LogP contribution >= 0.6 is 0 Å². The molecule has 1 aliphatic rings. The molecule has 1 saturated heterocycles. The molecule has 0 bridgehead atoms. The number of esters is 1. The summed E-state index contributed by atoms with van der Waals surface area (Å²) >= 11 is 0. The first-order valence-electron chi connectivity index (χ1n) is 6.13. The highest BCUT2D eigenvalue weighted by atomic mass is 16.6. The molecule has 1 aliphatic heterocycles. The van der Waals surface area contributed by atoms with E-state index in [9.17, 15) is 4.79 Å². The van der Waals surface area contributed by atoms with Gasteiger partial charge in [-0.3, -0.25) is 4.79 Å². The van der Waals surface area contributed by atoms with E-state index in [2.05, 4.69) is 0 Å². The van der Waals surface area contributed by atoms with Gasteiger partial charge in [0.2, 0.25) is 0 Å². The van der Waals surface area contributed by atoms with Crippen LogP contribution in [0.5, 0.6) is 0 Å². The van der Waals surface area contributed by atoms with Gasteiger partial charge in [-0.2, -0.15) is 0 Å². The van der Waals surface area contributed by atoms with Gasteiger partial charge in [0.1, 0.15) is 12.6 Å². The minimum atomic E-state index is -0.497. The van der Waals surface area contributed by atoms with Crippen molar-refractivity contribution in [2.24, 2.45) is 11.7 Å². The highest BCUT2D eigenvalue weighted by Crippen LogP contribution is 2.13. The monoisotopic (exact) mass is 229 g/mol. The van der Waals surface area contributed by atoms with Crippen molar-refractivity contribution in [2.75, 3.05) is 13.2 Å². The van der Waals surface area contributed by atoms with Crippen LogP contribution in [0.2, 0.25) is 0 Å². The zero-order chi connectivity index (χ0) is 12.0. The van der Waals surface area contributed by atoms with Crippen LogP contribution in [0.3, 0.4) is 0 Å². The van der Waals surface area contributed by atoms with Gasteiger partial charge in [0.25, 0.3) is 0 Å². The van der Waals surface area contributed by atoms with Crippen LogP contribution in [0.4, 0.5) is 0 Å². The standard InChI is InChI=1S/C12H23NO3/c1-9(2)7-11(13)12(14)16-8-10-5-3-4-6-15-10/h9-11H,3-8,13H2,1-2H3/t10?,11-/m1/s1. The predicted molar refractivity (Wildman–Crippen MR) is 62.0 cm³/mol. The van der Waals surface area contributed by atoms with Crippen LogP contribution in [-0.4, -0.2) is 31.3 Å². The molecular weight excluding hydrogens is 206 g/mol. The number of rotatable bonds is 5. The second-order valence-electron chi connectivity index (χ2n) is 4.85. The van der Waals surface area contributed by atoms with Crippen molar-refractivity contribution in [1.82, 2.24) is 0 Å². The summed E-state index contributed by atoms with van der Waals surface area (Å²) in [7, 11) is 0. The van der Waals surface area contributed by atoms with Gasteiger partial charge in [0.15, 0.2) is 0 Å². The third-order valence-corrected chi connectivity index (χ3v) is 2.71. The molecule has 0 radical (unpaired) electrons. The van der Waals surface area contributed by atoms with Crippen LogP contribution in [0.15, 0.2) is 0 Å². The summed E-state index contributed by atoms with van der Waals surface area (Å²) in [5.74, 6) is 0.108. The van der Waals surface area contributed by atoms with E-state index >= 15 is 0 Å². The van der Waals surface area contributed by atoms with Gasteiger partial charge in [-0.1, -0.05) is 13.8 Å². The molecule has 0 aromatic heterocycles. The molecule has 0 aromatic carbocycles. The molecule has 1 rings (SSSR count). The summed E-state index contributed by atoms with van der Waals surface area (Å²) < 4.78 is 10.6. The number of ether oxygens (including phenoxy) is 2. The molecule has 0 aliphatic carbocycles. The molecule has 1 fully saturated rings. The topological polar surface area (TPSA) is 61.6 Å². The Kier molecular flexibility index (Phi) is 5.77. The van der Waals surface area contributed by atoms with Crippen LogP contribution < -0.4 is 5.73 Å². The van der Waals surface area contributed by atoms with Crippen molar-refractivity contribution in [2.45, 2.75) is 51.7 Å². The number of carbonyl (C=O) groups is 1. The summed E-state index contributed by atoms with van der Waals surface area (Å²) in [6.07, 6.45) is 3.98. The lowest BCUT2D eigenvalue weighted by atomic mass is 10.0. The highest BCUT2D eigenvalue weighted by Gasteiger charge is 2.20. The quantitative estimate of drug-likeness (QED) is 0.725. The van der Waals surface area contributed by atoms with E-state index in [0.717, 1.165) is 25.9 Å². The maximum Gasteiger partial charge on any atom is 0.323 e. The number of nitrogens with two attached hydrogens (primary N) is 1. The summed E-state index contributed by atoms with van der Waals surface area (Å²) in [6.45, 7) is 5.21. The minimum absolute atomic E-state index is 0.0731. The van der Waals surface area contributed by atoms with E-state index in [4.69, 9.17) is 15.2 Å². The average Bonchev–Trinajstić information content (AvgIpc) is 2.26. The third kappa shape index (κ3) is 4.94. The first kappa shape index (κ1) is 13.5. The van der Waals surface area contributed by atoms with Gasteiger partial charge in [-0.25, -0.2) is 0 Å². The van der Waals surface area contributed by atoms with Crippen molar-refractivity contribution in [3.05, 3.63) is 0 Å². The smallest absolute Gasteiger partial charge is 0.323 e. The fourth-order valence-corrected chi connectivity index (χ4v) is 1.83. The first-order chi connectivity index (χ1) is 7.59. The van der Waals surface area contributed by atoms with Crippen LogP contribution in [0.25, 0.3) is 0 Å². The van der Waals surface area contributed by atoms with Crippen molar-refractivity contribution < 1.29 is 14.3 Å². The normalized spacial score (nSPS) is 23.1. The maximum absolute atomic E-state index is 11.5. The van der Waals surface area contributed by atoms with Crippen molar-refractivity contribution in [1.29, 1.82) is 0 Å². The lowest BCUT2D eigenvalue weighted by molar-refractivity contribution is -0.151. The molecule has 0 saturated carbocycles. The lowest BCUT2D eigenvalue weighted by Crippen LogP contribution is -2.36. The fourth-order valence-electron chi connectivity index (χ4n) is 1.83. The Labute approximate surface area is 97.5 Å². The average molecular weight is 229 g/mol. The zero-order valence-electron chi connectivity index (χ0n) is 10.3. The van der Waals surface area contributed by atoms with E-state index in [1.165, 1.54) is 0 Å². The molecular formula is C12H23NO3. The Hall–Kier alpha value is -0.610. The van der Waals surface area contributed by atoms with Crippen molar-refractivity contribution >= 4 is 5.97 Å². The molecule has 16 heavy (non-hydrogen) atoms. The van der Waals surface area contributed by atoms with Gasteiger partial charge in [-0.15, -0.1) is 0 Å². The van der Waals surface area contributed by atoms with Gasteiger partial charge >= 0.3 is 5.97 Å². The molecule has 2 atom stereocenters. The maximum atomic E-state index is 11.5. The minimum Gasteiger partial charge on any atom is -0.462 e. The molecule has 0 aromatic rings. The Bertz CT molecular complexity index is 212. The molecule has 4 nitrogen and oxygen atoms in total. The van der Waals surface area contributed by atoms with Crippen molar-refractivity contribution in [3.8, 4) is 0 Å². The Morgan fingerprint density at radius 2 is 2.25 bits per heavy atom. The summed E-state index contributed by atoms with van der Waals surface area (Å²) in [4.78, 5) is 11.5. The van der Waals surface area contributed by atoms with E-state index < -0.39 is 6.04 Å². The highest BCUT2D eigenvalue weighted by molar-refractivity contribution is 5.75. The van der Waals surface area contributed by atoms with Gasteiger partial charge < -0.3 is 15.2 Å². The van der Waals surface area contributed by atoms with E-state index in [1.54, 1.807) is 0 Å². The lowest BCUT2D eigenvalue weighted by Gasteiger charge is -2.23. The molecule has 0 amide bonds. The Morgan fingerprint density at radius 3 is 2.81 bits per heavy atom. The molecule has 1 unspecified atom stereocenters. The third-order valence-electron chi connectivity index (χ3n) is 2.71. The SMILES string of the molecule is CC(C)C[C@@H](N)C(=O)OCC1CCCCO1. The van der Waals surface area contributed by atoms with E-state index in [0.29, 0.717) is 18.9 Å². The van der Waals surface area contributed by atoms with Gasteiger partial charge in [-0.05, 0) is 31.6 Å². The number of carbonyl (C=O) groups excluding carboxylic acids is 1. The largest absolute Gasteiger partial charge is 0.462 e. The van der Waals surface area contributed by atoms with Crippen LogP contribution in [0.1, 0.15) is 39.5 Å². The van der Waals surface area contributed by atoms with Gasteiger partial charge in [0.05, 0.1) is 6.10 Å². The number of hydrogen-bond acceptors (Lipinski definition) is 4. The van der Waals surface area contributed by atoms with Gasteiger partial charge in [0, 0.05) is 6.61 Å². The Balaban J connectivity index is 2.17. The predicted octanol–water partition coefficient (Wildman–Crippen LogP) is 1.47. The second kappa shape index (κ2) is 6.86. The van der Waals surface area contributed by atoms with Crippen molar-refractivity contribution in [3.63, 3.8) is 0 Å². The summed E-state index contributed by atoms with van der Waals surface area (Å²) in [5, 5.41) is 0. The van der Waals surface area contributed by atoms with Crippen LogP contribution in [-0.2, 0) is 14.3 Å². The second-order valence-corrected chi connectivity index (χ2v) is 4.85. The zero-order valence-corrected chi connectivity index (χ0v) is 10.3. The van der Waals surface area contributed by atoms with E-state index in [1.807, 2.05) is 13.8 Å². The number of hydrogen-bond donors (Lipinski definition) is 1. The fraction of sp³-hybridized carbons (Fsp3) is 0.917. The summed E-state index contributed by atoms with van der Waals surface area (Å²) in [5.41, 5.74) is 5.72. The summed E-state index contributed by atoms with van der Waals surface area (Å²) in [6, 6.07) is -0.497. The first-order valence-corrected chi connectivity index (χ1v) is 6.13. The molecule has 1 heterocycles.